The quantitative estimate of drug-likeness (QED) is 0.0908. The average Bonchev–Trinajstić information content (AvgIpc) is 3.60. The molecule has 1 aromatic heterocycles. The monoisotopic (exact) mass is 836 g/mol. The van der Waals surface area contributed by atoms with Gasteiger partial charge in [0, 0.05) is 52.7 Å². The van der Waals surface area contributed by atoms with Gasteiger partial charge in [-0.15, -0.1) is 11.3 Å². The van der Waals surface area contributed by atoms with E-state index in [0.717, 1.165) is 113 Å². The van der Waals surface area contributed by atoms with Gasteiger partial charge in [-0.25, -0.2) is 0 Å². The van der Waals surface area contributed by atoms with Crippen molar-refractivity contribution in [1.82, 2.24) is 20.0 Å². The number of imide groups is 1. The lowest BCUT2D eigenvalue weighted by Gasteiger charge is -2.29. The molecular weight excluding hydrogens is 792 g/mol. The number of piperidine rings is 1. The van der Waals surface area contributed by atoms with Crippen molar-refractivity contribution in [2.24, 2.45) is 0 Å². The Morgan fingerprint density at radius 1 is 0.839 bits per heavy atom. The van der Waals surface area contributed by atoms with Gasteiger partial charge in [0.1, 0.15) is 23.3 Å². The Labute approximate surface area is 339 Å². The molecule has 4 aromatic carbocycles. The molecule has 0 saturated carbocycles. The highest BCUT2D eigenvalue weighted by Gasteiger charge is 2.39. The van der Waals surface area contributed by atoms with E-state index < -0.39 is 6.04 Å². The molecule has 5 aromatic rings. The van der Waals surface area contributed by atoms with E-state index in [1.54, 1.807) is 28.4 Å². The molecule has 0 bridgehead atoms. The van der Waals surface area contributed by atoms with Crippen molar-refractivity contribution in [2.45, 2.75) is 51.1 Å². The minimum absolute atomic E-state index is 0.125. The summed E-state index contributed by atoms with van der Waals surface area (Å²) in [5.41, 5.74) is 3.88. The highest BCUT2D eigenvalue weighted by molar-refractivity contribution is 9.10. The van der Waals surface area contributed by atoms with Crippen LogP contribution in [0.5, 0.6) is 23.0 Å². The smallest absolute Gasteiger partial charge is 0.255 e. The van der Waals surface area contributed by atoms with Gasteiger partial charge in [0.25, 0.3) is 5.91 Å². The first kappa shape index (κ1) is 38.1. The second kappa shape index (κ2) is 17.2. The van der Waals surface area contributed by atoms with Crippen LogP contribution in [0.3, 0.4) is 0 Å². The Hall–Kier alpha value is -4.75. The average molecular weight is 838 g/mol. The highest BCUT2D eigenvalue weighted by Crippen LogP contribution is 2.47. The molecule has 0 radical (unpaired) electrons. The predicted molar refractivity (Wildman–Crippen MR) is 222 cm³/mol. The molecular formula is C44H45BrN4O6S. The number of phenols is 1. The second-order valence-electron chi connectivity index (χ2n) is 14.8. The molecule has 0 aliphatic carbocycles. The first-order chi connectivity index (χ1) is 27.3. The van der Waals surface area contributed by atoms with Crippen LogP contribution in [0.2, 0.25) is 0 Å². The molecule has 2 N–H and O–H groups in total. The van der Waals surface area contributed by atoms with Crippen LogP contribution in [0.1, 0.15) is 53.6 Å². The molecule has 0 spiro atoms. The number of nitrogens with zero attached hydrogens (tertiary/aromatic N) is 3. The second-order valence-corrected chi connectivity index (χ2v) is 16.7. The summed E-state index contributed by atoms with van der Waals surface area (Å²) in [4.78, 5) is 44.8. The molecule has 3 amide bonds. The van der Waals surface area contributed by atoms with Gasteiger partial charge in [-0.3, -0.25) is 19.7 Å². The lowest BCUT2D eigenvalue weighted by molar-refractivity contribution is -0.136. The van der Waals surface area contributed by atoms with Gasteiger partial charge in [-0.05, 0) is 129 Å². The van der Waals surface area contributed by atoms with Gasteiger partial charge in [0.05, 0.1) is 11.5 Å². The lowest BCUT2D eigenvalue weighted by atomic mass is 10.0. The van der Waals surface area contributed by atoms with Crippen molar-refractivity contribution in [1.29, 1.82) is 0 Å². The Kier molecular flexibility index (Phi) is 11.7. The third-order valence-corrected chi connectivity index (χ3v) is 12.6. The molecule has 1 atom stereocenters. The van der Waals surface area contributed by atoms with Crippen LogP contribution < -0.4 is 14.8 Å². The fraction of sp³-hybridized carbons (Fsp3) is 0.341. The number of carbonyl (C=O) groups is 3. The first-order valence-electron chi connectivity index (χ1n) is 19.4. The third kappa shape index (κ3) is 8.78. The number of thiophene rings is 1. The topological polar surface area (TPSA) is 112 Å². The summed E-state index contributed by atoms with van der Waals surface area (Å²) in [5, 5.41) is 13.4. The van der Waals surface area contributed by atoms with E-state index in [2.05, 4.69) is 49.2 Å². The maximum absolute atomic E-state index is 13.1. The summed E-state index contributed by atoms with van der Waals surface area (Å²) in [7, 11) is 0. The number of carbonyl (C=O) groups excluding carboxylic acids is 3. The number of rotatable bonds is 13. The van der Waals surface area contributed by atoms with Gasteiger partial charge < -0.3 is 29.3 Å². The van der Waals surface area contributed by atoms with E-state index in [0.29, 0.717) is 25.1 Å². The van der Waals surface area contributed by atoms with E-state index in [1.807, 2.05) is 54.6 Å². The zero-order chi connectivity index (χ0) is 38.6. The Morgan fingerprint density at radius 3 is 2.39 bits per heavy atom. The van der Waals surface area contributed by atoms with E-state index in [-0.39, 0.29) is 29.9 Å². The lowest BCUT2D eigenvalue weighted by Crippen LogP contribution is -2.52. The number of amides is 3. The number of unbranched alkanes of at least 4 members (excludes halogenated alkanes) is 1. The summed E-state index contributed by atoms with van der Waals surface area (Å²) in [6.07, 6.45) is 4.74. The Morgan fingerprint density at radius 2 is 1.61 bits per heavy atom. The van der Waals surface area contributed by atoms with Crippen LogP contribution in [0.4, 0.5) is 0 Å². The van der Waals surface area contributed by atoms with Gasteiger partial charge in [-0.2, -0.15) is 0 Å². The number of phenolic OH excluding ortho intramolecular Hbond substituents is 1. The number of hydrogen-bond donors (Lipinski definition) is 2. The van der Waals surface area contributed by atoms with E-state index >= 15 is 0 Å². The first-order valence-corrected chi connectivity index (χ1v) is 21.0. The molecule has 56 heavy (non-hydrogen) atoms. The number of halogens is 1. The molecule has 1 unspecified atom stereocenters. The van der Waals surface area contributed by atoms with Crippen molar-refractivity contribution in [2.75, 3.05) is 45.9 Å². The summed E-state index contributed by atoms with van der Waals surface area (Å²) >= 11 is 5.12. The Bertz CT molecular complexity index is 2230. The standard InChI is InChI=1S/C44H45BrN4O6S/c45-32-7-5-30(6-8-32)42-41(37-15-9-33(50)27-39(37)56-42)55-35-12-10-34(11-13-35)54-25-2-1-19-47-20-3-21-48(24-23-47)22-18-29-4-14-36-31(26-29)28-49(44(36)53)38-16-17-40(51)46-43(38)52/h4-15,26-27,38,50H,1-3,16-25,28H2,(H,46,51,52). The van der Waals surface area contributed by atoms with Crippen LogP contribution in [0, 0.1) is 0 Å². The maximum Gasteiger partial charge on any atom is 0.255 e. The molecule has 290 valence electrons. The maximum atomic E-state index is 13.1. The molecule has 3 aliphatic heterocycles. The zero-order valence-corrected chi connectivity index (χ0v) is 33.6. The van der Waals surface area contributed by atoms with E-state index in [1.165, 1.54) is 5.56 Å². The summed E-state index contributed by atoms with van der Waals surface area (Å²) in [6, 6.07) is 26.8. The van der Waals surface area contributed by atoms with Crippen molar-refractivity contribution < 1.29 is 29.0 Å². The van der Waals surface area contributed by atoms with Crippen molar-refractivity contribution in [3.8, 4) is 33.4 Å². The SMILES string of the molecule is O=C1CCC(N2Cc3cc(CCN4CCCN(CCCCOc5ccc(Oc6c(-c7ccc(Br)cc7)sc7cc(O)ccc67)cc5)CC4)ccc3C2=O)C(=O)N1. The minimum Gasteiger partial charge on any atom is -0.508 e. The minimum atomic E-state index is -0.585. The summed E-state index contributed by atoms with van der Waals surface area (Å²) < 4.78 is 14.6. The number of fused-ring (bicyclic) bond motifs is 2. The molecule has 8 rings (SSSR count). The van der Waals surface area contributed by atoms with Crippen LogP contribution in [0.15, 0.2) is 89.4 Å². The number of hydrogen-bond acceptors (Lipinski definition) is 9. The van der Waals surface area contributed by atoms with Gasteiger partial charge in [0.2, 0.25) is 11.8 Å². The summed E-state index contributed by atoms with van der Waals surface area (Å²) in [6.45, 7) is 7.34. The fourth-order valence-electron chi connectivity index (χ4n) is 7.85. The van der Waals surface area contributed by atoms with Gasteiger partial charge in [0.15, 0.2) is 5.75 Å². The zero-order valence-electron chi connectivity index (χ0n) is 31.2. The van der Waals surface area contributed by atoms with E-state index in [4.69, 9.17) is 9.47 Å². The molecule has 4 heterocycles. The predicted octanol–water partition coefficient (Wildman–Crippen LogP) is 8.00. The molecule has 2 fully saturated rings. The number of aromatic hydroxyl groups is 1. The molecule has 3 aliphatic rings. The van der Waals surface area contributed by atoms with Gasteiger partial charge >= 0.3 is 0 Å². The number of benzene rings is 4. The van der Waals surface area contributed by atoms with Crippen LogP contribution in [0.25, 0.3) is 20.5 Å². The van der Waals surface area contributed by atoms with Crippen molar-refractivity contribution >= 4 is 55.1 Å². The Balaban J connectivity index is 0.760. The van der Waals surface area contributed by atoms with Crippen molar-refractivity contribution in [3.05, 3.63) is 106 Å². The fourth-order valence-corrected chi connectivity index (χ4v) is 9.28. The summed E-state index contributed by atoms with van der Waals surface area (Å²) in [5.74, 6) is 1.78. The van der Waals surface area contributed by atoms with Crippen molar-refractivity contribution in [3.63, 3.8) is 0 Å². The highest BCUT2D eigenvalue weighted by atomic mass is 79.9. The number of ether oxygens (including phenoxy) is 2. The van der Waals surface area contributed by atoms with Crippen LogP contribution in [-0.4, -0.2) is 89.4 Å². The van der Waals surface area contributed by atoms with Gasteiger partial charge in [-0.1, -0.05) is 40.2 Å². The number of nitrogens with one attached hydrogen (secondary N) is 1. The third-order valence-electron chi connectivity index (χ3n) is 10.9. The molecule has 2 saturated heterocycles. The largest absolute Gasteiger partial charge is 0.508 e. The molecule has 10 nitrogen and oxygen atoms in total. The van der Waals surface area contributed by atoms with E-state index in [9.17, 15) is 19.5 Å². The molecule has 12 heteroatoms. The van der Waals surface area contributed by atoms with Crippen LogP contribution in [-0.2, 0) is 22.6 Å². The van der Waals surface area contributed by atoms with Crippen LogP contribution >= 0.6 is 27.3 Å². The normalized spacial score (nSPS) is 17.9.